The van der Waals surface area contributed by atoms with Crippen LogP contribution in [0.5, 0.6) is 0 Å². The fourth-order valence-corrected chi connectivity index (χ4v) is 1.72. The molecular formula is C15H12N2O4. The van der Waals surface area contributed by atoms with Crippen molar-refractivity contribution in [2.24, 2.45) is 0 Å². The summed E-state index contributed by atoms with van der Waals surface area (Å²) >= 11 is 0. The van der Waals surface area contributed by atoms with Crippen molar-refractivity contribution in [1.29, 1.82) is 0 Å². The Labute approximate surface area is 120 Å². The Balaban J connectivity index is 2.18. The molecule has 0 aliphatic heterocycles. The molecule has 0 aliphatic carbocycles. The lowest BCUT2D eigenvalue weighted by atomic mass is 10.1. The van der Waals surface area contributed by atoms with Gasteiger partial charge >= 0.3 is 6.09 Å². The number of benzene rings is 2. The molecule has 0 fully saturated rings. The van der Waals surface area contributed by atoms with E-state index in [2.05, 4.69) is 10.6 Å². The maximum absolute atomic E-state index is 12.1. The number of anilines is 2. The third-order valence-corrected chi connectivity index (χ3v) is 2.73. The van der Waals surface area contributed by atoms with Crippen LogP contribution in [0, 0.1) is 0 Å². The molecule has 2 aromatic rings. The van der Waals surface area contributed by atoms with E-state index < -0.39 is 12.0 Å². The second-order valence-corrected chi connectivity index (χ2v) is 4.17. The summed E-state index contributed by atoms with van der Waals surface area (Å²) in [7, 11) is 0. The number of rotatable bonds is 4. The number of para-hydroxylation sites is 2. The highest BCUT2D eigenvalue weighted by Crippen LogP contribution is 2.21. The molecule has 2 amide bonds. The Morgan fingerprint density at radius 3 is 2.00 bits per heavy atom. The topological polar surface area (TPSA) is 95.5 Å². The lowest BCUT2D eigenvalue weighted by Gasteiger charge is -2.10. The number of hydrogen-bond acceptors (Lipinski definition) is 3. The van der Waals surface area contributed by atoms with Crippen molar-refractivity contribution in [3.05, 3.63) is 59.7 Å². The molecule has 2 rings (SSSR count). The van der Waals surface area contributed by atoms with Gasteiger partial charge in [0.15, 0.2) is 0 Å². The first-order valence-electron chi connectivity index (χ1n) is 6.05. The molecule has 6 nitrogen and oxygen atoms in total. The van der Waals surface area contributed by atoms with E-state index in [1.165, 1.54) is 24.3 Å². The number of carbonyl (C=O) groups excluding carboxylic acids is 2. The molecule has 106 valence electrons. The molecular weight excluding hydrogens is 272 g/mol. The van der Waals surface area contributed by atoms with Crippen LogP contribution in [-0.2, 0) is 0 Å². The van der Waals surface area contributed by atoms with Crippen molar-refractivity contribution in [3.8, 4) is 0 Å². The molecule has 0 atom stereocenters. The summed E-state index contributed by atoms with van der Waals surface area (Å²) in [5.74, 6) is -0.396. The molecule has 0 saturated carbocycles. The maximum Gasteiger partial charge on any atom is 0.409 e. The fraction of sp³-hybridized carbons (Fsp3) is 0. The van der Waals surface area contributed by atoms with E-state index in [1.807, 2.05) is 0 Å². The normalized spacial score (nSPS) is 9.71. The van der Waals surface area contributed by atoms with Gasteiger partial charge in [0, 0.05) is 11.1 Å². The van der Waals surface area contributed by atoms with Crippen molar-refractivity contribution in [2.45, 2.75) is 0 Å². The van der Waals surface area contributed by atoms with Gasteiger partial charge in [-0.3, -0.25) is 14.9 Å². The molecule has 0 saturated heterocycles. The van der Waals surface area contributed by atoms with Crippen LogP contribution in [0.4, 0.5) is 16.2 Å². The summed E-state index contributed by atoms with van der Waals surface area (Å²) in [5, 5.41) is 13.6. The first-order valence-corrected chi connectivity index (χ1v) is 6.05. The van der Waals surface area contributed by atoms with Crippen molar-refractivity contribution in [1.82, 2.24) is 0 Å². The van der Waals surface area contributed by atoms with Gasteiger partial charge in [0.1, 0.15) is 6.29 Å². The Bertz CT molecular complexity index is 680. The Morgan fingerprint density at radius 1 is 0.905 bits per heavy atom. The van der Waals surface area contributed by atoms with E-state index in [4.69, 9.17) is 5.11 Å². The molecule has 0 radical (unpaired) electrons. The SMILES string of the molecule is O=Cc1ccc(C(=O)Nc2ccccc2NC(=O)O)cc1. The number of carboxylic acid groups (broad SMARTS) is 1. The average Bonchev–Trinajstić information content (AvgIpc) is 2.49. The smallest absolute Gasteiger partial charge is 0.409 e. The van der Waals surface area contributed by atoms with Crippen LogP contribution >= 0.6 is 0 Å². The molecule has 21 heavy (non-hydrogen) atoms. The largest absolute Gasteiger partial charge is 0.465 e. The van der Waals surface area contributed by atoms with E-state index in [9.17, 15) is 14.4 Å². The molecule has 0 bridgehead atoms. The molecule has 0 heterocycles. The van der Waals surface area contributed by atoms with E-state index in [1.54, 1.807) is 24.3 Å². The standard InChI is InChI=1S/C15H12N2O4/c18-9-10-5-7-11(8-6-10)14(19)16-12-3-1-2-4-13(12)17-15(20)21/h1-9,17H,(H,16,19)(H,20,21). The number of hydrogen-bond donors (Lipinski definition) is 3. The highest BCUT2D eigenvalue weighted by atomic mass is 16.4. The minimum absolute atomic E-state index is 0.280. The lowest BCUT2D eigenvalue weighted by Crippen LogP contribution is -2.15. The summed E-state index contributed by atoms with van der Waals surface area (Å²) in [5.41, 5.74) is 1.47. The summed E-state index contributed by atoms with van der Waals surface area (Å²) < 4.78 is 0. The van der Waals surface area contributed by atoms with Gasteiger partial charge in [-0.1, -0.05) is 24.3 Å². The molecule has 0 unspecified atom stereocenters. The van der Waals surface area contributed by atoms with Gasteiger partial charge in [-0.2, -0.15) is 0 Å². The molecule has 2 aromatic carbocycles. The Hall–Kier alpha value is -3.15. The van der Waals surface area contributed by atoms with E-state index in [0.29, 0.717) is 23.1 Å². The number of amides is 2. The third kappa shape index (κ3) is 3.66. The number of aldehydes is 1. The second-order valence-electron chi connectivity index (χ2n) is 4.17. The zero-order chi connectivity index (χ0) is 15.2. The molecule has 0 aliphatic rings. The van der Waals surface area contributed by atoms with Crippen LogP contribution in [0.15, 0.2) is 48.5 Å². The van der Waals surface area contributed by atoms with Crippen LogP contribution in [0.1, 0.15) is 20.7 Å². The van der Waals surface area contributed by atoms with Gasteiger partial charge in [-0.15, -0.1) is 0 Å². The van der Waals surface area contributed by atoms with E-state index in [-0.39, 0.29) is 5.69 Å². The van der Waals surface area contributed by atoms with Gasteiger partial charge in [0.05, 0.1) is 11.4 Å². The Kier molecular flexibility index (Phi) is 4.30. The Morgan fingerprint density at radius 2 is 1.48 bits per heavy atom. The van der Waals surface area contributed by atoms with Crippen molar-refractivity contribution in [3.63, 3.8) is 0 Å². The lowest BCUT2D eigenvalue weighted by molar-refractivity contribution is 0.102. The van der Waals surface area contributed by atoms with E-state index in [0.717, 1.165) is 0 Å². The third-order valence-electron chi connectivity index (χ3n) is 2.73. The summed E-state index contributed by atoms with van der Waals surface area (Å²) in [4.78, 5) is 33.3. The molecule has 6 heteroatoms. The van der Waals surface area contributed by atoms with Crippen LogP contribution in [0.3, 0.4) is 0 Å². The quantitative estimate of drug-likeness (QED) is 0.752. The van der Waals surface area contributed by atoms with Crippen LogP contribution < -0.4 is 10.6 Å². The van der Waals surface area contributed by atoms with Crippen molar-refractivity contribution < 1.29 is 19.5 Å². The van der Waals surface area contributed by atoms with Crippen LogP contribution in [-0.4, -0.2) is 23.4 Å². The second kappa shape index (κ2) is 6.33. The van der Waals surface area contributed by atoms with Gasteiger partial charge in [-0.05, 0) is 24.3 Å². The zero-order valence-electron chi connectivity index (χ0n) is 10.9. The molecule has 3 N–H and O–H groups in total. The summed E-state index contributed by atoms with van der Waals surface area (Å²) in [6.07, 6.45) is -0.527. The first kappa shape index (κ1) is 14.3. The fourth-order valence-electron chi connectivity index (χ4n) is 1.72. The van der Waals surface area contributed by atoms with Gasteiger partial charge in [0.2, 0.25) is 0 Å². The van der Waals surface area contributed by atoms with Crippen molar-refractivity contribution >= 4 is 29.7 Å². The minimum Gasteiger partial charge on any atom is -0.465 e. The zero-order valence-corrected chi connectivity index (χ0v) is 10.9. The first-order chi connectivity index (χ1) is 10.1. The van der Waals surface area contributed by atoms with Gasteiger partial charge < -0.3 is 10.4 Å². The average molecular weight is 284 g/mol. The number of carbonyl (C=O) groups is 3. The predicted molar refractivity (Wildman–Crippen MR) is 77.9 cm³/mol. The van der Waals surface area contributed by atoms with Crippen molar-refractivity contribution in [2.75, 3.05) is 10.6 Å². The summed E-state index contributed by atoms with van der Waals surface area (Å²) in [6, 6.07) is 12.6. The highest BCUT2D eigenvalue weighted by molar-refractivity contribution is 6.07. The minimum atomic E-state index is -1.22. The predicted octanol–water partition coefficient (Wildman–Crippen LogP) is 2.84. The van der Waals surface area contributed by atoms with Crippen LogP contribution in [0.25, 0.3) is 0 Å². The van der Waals surface area contributed by atoms with E-state index >= 15 is 0 Å². The summed E-state index contributed by atoms with van der Waals surface area (Å²) in [6.45, 7) is 0. The van der Waals surface area contributed by atoms with Gasteiger partial charge in [0.25, 0.3) is 5.91 Å². The monoisotopic (exact) mass is 284 g/mol. The van der Waals surface area contributed by atoms with Crippen LogP contribution in [0.2, 0.25) is 0 Å². The van der Waals surface area contributed by atoms with Gasteiger partial charge in [-0.25, -0.2) is 4.79 Å². The highest BCUT2D eigenvalue weighted by Gasteiger charge is 2.10. The molecule has 0 spiro atoms. The molecule has 0 aromatic heterocycles. The maximum atomic E-state index is 12.1. The number of nitrogens with one attached hydrogen (secondary N) is 2.